The second-order valence-corrected chi connectivity index (χ2v) is 6.67. The third-order valence-electron chi connectivity index (χ3n) is 3.45. The van der Waals surface area contributed by atoms with Crippen LogP contribution in [0.5, 0.6) is 5.75 Å². The van der Waals surface area contributed by atoms with E-state index in [1.807, 2.05) is 0 Å². The lowest BCUT2D eigenvalue weighted by molar-refractivity contribution is -0.119. The van der Waals surface area contributed by atoms with Gasteiger partial charge < -0.3 is 10.1 Å². The van der Waals surface area contributed by atoms with Gasteiger partial charge in [-0.3, -0.25) is 9.48 Å². The molecular weight excluding hydrogens is 374 g/mol. The molecule has 2 heterocycles. The predicted octanol–water partition coefficient (Wildman–Crippen LogP) is 4.26. The number of rotatable bonds is 5. The summed E-state index contributed by atoms with van der Waals surface area (Å²) in [5.74, 6) is -0.277. The van der Waals surface area contributed by atoms with Crippen LogP contribution in [0, 0.1) is 6.92 Å². The van der Waals surface area contributed by atoms with E-state index < -0.39 is 12.7 Å². The van der Waals surface area contributed by atoms with Crippen molar-refractivity contribution in [3.8, 4) is 5.75 Å². The Morgan fingerprint density at radius 2 is 2.20 bits per heavy atom. The molecular formula is C15H13ClF2N4O2S. The smallest absolute Gasteiger partial charge is 0.387 e. The molecule has 1 amide bonds. The summed E-state index contributed by atoms with van der Waals surface area (Å²) in [5, 5.41) is 7.70. The van der Waals surface area contributed by atoms with Gasteiger partial charge in [0.2, 0.25) is 0 Å². The fraction of sp³-hybridized carbons (Fsp3) is 0.267. The molecule has 1 N–H and O–H groups in total. The number of aromatic nitrogens is 3. The number of ether oxygens (including phenoxy) is 1. The lowest BCUT2D eigenvalue weighted by Crippen LogP contribution is -2.24. The van der Waals surface area contributed by atoms with Gasteiger partial charge in [0.25, 0.3) is 5.91 Å². The van der Waals surface area contributed by atoms with E-state index in [2.05, 4.69) is 20.1 Å². The number of anilines is 1. The van der Waals surface area contributed by atoms with Crippen LogP contribution in [0.2, 0.25) is 5.02 Å². The number of hydrogen-bond acceptors (Lipinski definition) is 5. The molecule has 0 saturated carbocycles. The first-order valence-electron chi connectivity index (χ1n) is 7.21. The maximum Gasteiger partial charge on any atom is 0.387 e. The first kappa shape index (κ1) is 17.6. The number of aryl methyl sites for hydroxylation is 1. The van der Waals surface area contributed by atoms with E-state index in [9.17, 15) is 13.6 Å². The third-order valence-corrected chi connectivity index (χ3v) is 4.75. The number of alkyl halides is 2. The van der Waals surface area contributed by atoms with Crippen molar-refractivity contribution in [1.82, 2.24) is 14.8 Å². The standard InChI is InChI=1S/C15H13ClF2N4O2S/c1-7-10(16)6-22(21-7)8(2)13(23)20-15-19-11-4-3-9(24-14(17)18)5-12(11)25-15/h3-6,8,14H,1-2H3,(H,19,20,23). The molecule has 132 valence electrons. The minimum Gasteiger partial charge on any atom is -0.435 e. The van der Waals surface area contributed by atoms with Gasteiger partial charge in [-0.05, 0) is 32.0 Å². The van der Waals surface area contributed by atoms with Crippen LogP contribution >= 0.6 is 22.9 Å². The number of nitrogens with zero attached hydrogens (tertiary/aromatic N) is 3. The fourth-order valence-electron chi connectivity index (χ4n) is 2.12. The first-order chi connectivity index (χ1) is 11.8. The Morgan fingerprint density at radius 3 is 2.84 bits per heavy atom. The number of hydrogen-bond donors (Lipinski definition) is 1. The van der Waals surface area contributed by atoms with Crippen molar-refractivity contribution >= 4 is 44.2 Å². The Hall–Kier alpha value is -2.26. The molecule has 1 atom stereocenters. The zero-order valence-corrected chi connectivity index (χ0v) is 14.7. The zero-order chi connectivity index (χ0) is 18.1. The van der Waals surface area contributed by atoms with Crippen LogP contribution in [0.15, 0.2) is 24.4 Å². The maximum absolute atomic E-state index is 12.4. The van der Waals surface area contributed by atoms with E-state index in [0.29, 0.717) is 26.1 Å². The Bertz CT molecular complexity index is 908. The Balaban J connectivity index is 1.76. The van der Waals surface area contributed by atoms with Gasteiger partial charge in [0.1, 0.15) is 11.8 Å². The molecule has 0 spiro atoms. The summed E-state index contributed by atoms with van der Waals surface area (Å²) in [5.41, 5.74) is 1.21. The lowest BCUT2D eigenvalue weighted by atomic mass is 10.3. The molecule has 3 aromatic rings. The molecule has 0 fully saturated rings. The Labute approximate surface area is 150 Å². The first-order valence-corrected chi connectivity index (χ1v) is 8.40. The predicted molar refractivity (Wildman–Crippen MR) is 91.6 cm³/mol. The summed E-state index contributed by atoms with van der Waals surface area (Å²) in [6.45, 7) is 0.533. The summed E-state index contributed by atoms with van der Waals surface area (Å²) in [4.78, 5) is 16.6. The van der Waals surface area contributed by atoms with Crippen LogP contribution in [-0.2, 0) is 4.79 Å². The van der Waals surface area contributed by atoms with Crippen molar-refractivity contribution in [2.75, 3.05) is 5.32 Å². The summed E-state index contributed by atoms with van der Waals surface area (Å²) in [6, 6.07) is 3.82. The van der Waals surface area contributed by atoms with E-state index >= 15 is 0 Å². The van der Waals surface area contributed by atoms with Gasteiger partial charge in [-0.1, -0.05) is 22.9 Å². The van der Waals surface area contributed by atoms with Crippen LogP contribution in [0.3, 0.4) is 0 Å². The molecule has 0 radical (unpaired) electrons. The fourth-order valence-corrected chi connectivity index (χ4v) is 3.16. The van der Waals surface area contributed by atoms with Gasteiger partial charge in [0, 0.05) is 6.20 Å². The number of nitrogens with one attached hydrogen (secondary N) is 1. The number of fused-ring (bicyclic) bond motifs is 1. The summed E-state index contributed by atoms with van der Waals surface area (Å²) >= 11 is 7.12. The molecule has 6 nitrogen and oxygen atoms in total. The molecule has 1 aromatic carbocycles. The number of thiazole rings is 1. The minimum absolute atomic E-state index is 0.0408. The average Bonchev–Trinajstić information content (AvgIpc) is 3.08. The molecule has 0 aliphatic rings. The molecule has 0 aliphatic heterocycles. The Kier molecular flexibility index (Phi) is 4.87. The summed E-state index contributed by atoms with van der Waals surface area (Å²) in [6.07, 6.45) is 1.58. The van der Waals surface area contributed by atoms with E-state index in [4.69, 9.17) is 11.6 Å². The average molecular weight is 387 g/mol. The van der Waals surface area contributed by atoms with Gasteiger partial charge >= 0.3 is 6.61 Å². The highest BCUT2D eigenvalue weighted by molar-refractivity contribution is 7.22. The van der Waals surface area contributed by atoms with Gasteiger partial charge in [0.15, 0.2) is 5.13 Å². The van der Waals surface area contributed by atoms with Crippen molar-refractivity contribution in [1.29, 1.82) is 0 Å². The van der Waals surface area contributed by atoms with E-state index in [1.54, 1.807) is 26.1 Å². The number of benzene rings is 1. The highest BCUT2D eigenvalue weighted by Crippen LogP contribution is 2.30. The van der Waals surface area contributed by atoms with Crippen molar-refractivity contribution in [2.45, 2.75) is 26.5 Å². The van der Waals surface area contributed by atoms with Crippen molar-refractivity contribution in [3.05, 3.63) is 35.1 Å². The summed E-state index contributed by atoms with van der Waals surface area (Å²) < 4.78 is 31.0. The number of carbonyl (C=O) groups excluding carboxylic acids is 1. The van der Waals surface area contributed by atoms with Crippen LogP contribution in [0.1, 0.15) is 18.7 Å². The molecule has 10 heteroatoms. The number of carbonyl (C=O) groups is 1. The lowest BCUT2D eigenvalue weighted by Gasteiger charge is -2.10. The second-order valence-electron chi connectivity index (χ2n) is 5.23. The molecule has 1 unspecified atom stereocenters. The van der Waals surface area contributed by atoms with Crippen molar-refractivity contribution in [2.24, 2.45) is 0 Å². The third kappa shape index (κ3) is 3.88. The zero-order valence-electron chi connectivity index (χ0n) is 13.2. The normalized spacial score (nSPS) is 12.6. The Morgan fingerprint density at radius 1 is 1.44 bits per heavy atom. The van der Waals surface area contributed by atoms with Crippen LogP contribution in [0.25, 0.3) is 10.2 Å². The molecule has 3 rings (SSSR count). The van der Waals surface area contributed by atoms with Crippen LogP contribution in [-0.4, -0.2) is 27.3 Å². The SMILES string of the molecule is Cc1nn(C(C)C(=O)Nc2nc3ccc(OC(F)F)cc3s2)cc1Cl. The van der Waals surface area contributed by atoms with Gasteiger partial charge in [-0.25, -0.2) is 4.98 Å². The van der Waals surface area contributed by atoms with E-state index in [-0.39, 0.29) is 11.7 Å². The van der Waals surface area contributed by atoms with Gasteiger partial charge in [0.05, 0.1) is 20.9 Å². The second kappa shape index (κ2) is 6.93. The van der Waals surface area contributed by atoms with E-state index in [0.717, 1.165) is 11.3 Å². The number of amides is 1. The van der Waals surface area contributed by atoms with Gasteiger partial charge in [-0.15, -0.1) is 0 Å². The van der Waals surface area contributed by atoms with Crippen LogP contribution < -0.4 is 10.1 Å². The monoisotopic (exact) mass is 386 g/mol. The van der Waals surface area contributed by atoms with E-state index in [1.165, 1.54) is 16.8 Å². The van der Waals surface area contributed by atoms with Crippen LogP contribution in [0.4, 0.5) is 13.9 Å². The van der Waals surface area contributed by atoms with Gasteiger partial charge in [-0.2, -0.15) is 13.9 Å². The van der Waals surface area contributed by atoms with Crippen molar-refractivity contribution in [3.63, 3.8) is 0 Å². The molecule has 0 saturated heterocycles. The quantitative estimate of drug-likeness (QED) is 0.711. The minimum atomic E-state index is -2.89. The molecule has 0 bridgehead atoms. The number of halogens is 3. The molecule has 2 aromatic heterocycles. The highest BCUT2D eigenvalue weighted by atomic mass is 35.5. The highest BCUT2D eigenvalue weighted by Gasteiger charge is 2.19. The molecule has 25 heavy (non-hydrogen) atoms. The molecule has 0 aliphatic carbocycles. The van der Waals surface area contributed by atoms with Crippen molar-refractivity contribution < 1.29 is 18.3 Å². The summed E-state index contributed by atoms with van der Waals surface area (Å²) in [7, 11) is 0. The maximum atomic E-state index is 12.4. The largest absolute Gasteiger partial charge is 0.435 e. The topological polar surface area (TPSA) is 69.0 Å².